The van der Waals surface area contributed by atoms with E-state index in [2.05, 4.69) is 6.07 Å². The van der Waals surface area contributed by atoms with E-state index in [1.165, 1.54) is 0 Å². The highest BCUT2D eigenvalue weighted by Crippen LogP contribution is 2.30. The van der Waals surface area contributed by atoms with Gasteiger partial charge >= 0.3 is 0 Å². The van der Waals surface area contributed by atoms with Crippen LogP contribution in [0, 0.1) is 18.3 Å². The van der Waals surface area contributed by atoms with E-state index in [1.54, 1.807) is 19.1 Å². The molecule has 5 heteroatoms. The second-order valence-electron chi connectivity index (χ2n) is 3.81. The van der Waals surface area contributed by atoms with E-state index in [-0.39, 0.29) is 6.61 Å². The van der Waals surface area contributed by atoms with Crippen LogP contribution in [-0.2, 0) is 9.47 Å². The van der Waals surface area contributed by atoms with Crippen LogP contribution in [0.5, 0.6) is 5.75 Å². The molecular weight excluding hydrogens is 266 g/mol. The van der Waals surface area contributed by atoms with Gasteiger partial charge in [-0.25, -0.2) is 0 Å². The maximum absolute atomic E-state index is 8.90. The quantitative estimate of drug-likeness (QED) is 0.721. The Morgan fingerprint density at radius 2 is 1.89 bits per heavy atom. The third-order valence-corrected chi connectivity index (χ3v) is 3.02. The lowest BCUT2D eigenvalue weighted by atomic mass is 10.1. The van der Waals surface area contributed by atoms with Crippen molar-refractivity contribution in [1.82, 2.24) is 0 Å². The van der Waals surface area contributed by atoms with Crippen LogP contribution in [0.1, 0.15) is 25.0 Å². The number of rotatable bonds is 7. The molecule has 0 saturated carbocycles. The van der Waals surface area contributed by atoms with E-state index in [9.17, 15) is 0 Å². The Kier molecular flexibility index (Phi) is 6.65. The molecule has 4 nitrogen and oxygen atoms in total. The van der Waals surface area contributed by atoms with Gasteiger partial charge in [-0.1, -0.05) is 11.6 Å². The second-order valence-corrected chi connectivity index (χ2v) is 4.19. The van der Waals surface area contributed by atoms with Gasteiger partial charge < -0.3 is 14.2 Å². The van der Waals surface area contributed by atoms with Crippen molar-refractivity contribution in [3.8, 4) is 11.8 Å². The molecule has 0 saturated heterocycles. The molecule has 104 valence electrons. The number of ether oxygens (including phenoxy) is 3. The molecule has 0 fully saturated rings. The zero-order valence-corrected chi connectivity index (χ0v) is 12.2. The zero-order chi connectivity index (χ0) is 14.3. The standard InChI is InChI=1S/C14H18ClNO3/c1-4-17-13(18-5-2)9-19-12-7-6-11(8-16)10(3)14(12)15/h6-7,13H,4-5,9H2,1-3H3. The Bertz CT molecular complexity index is 451. The van der Waals surface area contributed by atoms with Gasteiger partial charge in [0.25, 0.3) is 0 Å². The monoisotopic (exact) mass is 283 g/mol. The smallest absolute Gasteiger partial charge is 0.191 e. The van der Waals surface area contributed by atoms with Crippen molar-refractivity contribution in [2.24, 2.45) is 0 Å². The van der Waals surface area contributed by atoms with Crippen LogP contribution < -0.4 is 4.74 Å². The SMILES string of the molecule is CCOC(COc1ccc(C#N)c(C)c1Cl)OCC. The van der Waals surface area contributed by atoms with Crippen molar-refractivity contribution in [1.29, 1.82) is 5.26 Å². The van der Waals surface area contributed by atoms with E-state index >= 15 is 0 Å². The summed E-state index contributed by atoms with van der Waals surface area (Å²) in [5.41, 5.74) is 1.26. The van der Waals surface area contributed by atoms with E-state index < -0.39 is 6.29 Å². The van der Waals surface area contributed by atoms with Crippen molar-refractivity contribution < 1.29 is 14.2 Å². The fourth-order valence-corrected chi connectivity index (χ4v) is 1.79. The van der Waals surface area contributed by atoms with E-state index in [0.717, 1.165) is 0 Å². The Morgan fingerprint density at radius 3 is 2.42 bits per heavy atom. The number of benzene rings is 1. The Labute approximate surface area is 118 Å². The molecule has 1 aromatic rings. The first kappa shape index (κ1) is 15.8. The summed E-state index contributed by atoms with van der Waals surface area (Å²) in [6.45, 7) is 6.93. The van der Waals surface area contributed by atoms with E-state index in [4.69, 9.17) is 31.1 Å². The molecule has 0 aliphatic heterocycles. The second kappa shape index (κ2) is 8.00. The number of nitrogens with zero attached hydrogens (tertiary/aromatic N) is 1. The topological polar surface area (TPSA) is 51.5 Å². The number of nitriles is 1. The minimum Gasteiger partial charge on any atom is -0.487 e. The lowest BCUT2D eigenvalue weighted by molar-refractivity contribution is -0.152. The third-order valence-electron chi connectivity index (χ3n) is 2.55. The summed E-state index contributed by atoms with van der Waals surface area (Å²) in [6, 6.07) is 5.45. The van der Waals surface area contributed by atoms with Gasteiger partial charge in [-0.15, -0.1) is 0 Å². The van der Waals surface area contributed by atoms with Crippen LogP contribution in [0.4, 0.5) is 0 Å². The summed E-state index contributed by atoms with van der Waals surface area (Å²) >= 11 is 6.16. The highest BCUT2D eigenvalue weighted by atomic mass is 35.5. The van der Waals surface area contributed by atoms with E-state index in [0.29, 0.717) is 35.1 Å². The largest absolute Gasteiger partial charge is 0.487 e. The molecule has 0 aliphatic rings. The molecule has 0 amide bonds. The average Bonchev–Trinajstić information content (AvgIpc) is 2.41. The fraction of sp³-hybridized carbons (Fsp3) is 0.500. The van der Waals surface area contributed by atoms with Crippen molar-refractivity contribution in [2.45, 2.75) is 27.1 Å². The summed E-state index contributed by atoms with van der Waals surface area (Å²) in [5, 5.41) is 9.35. The first-order valence-electron chi connectivity index (χ1n) is 6.19. The summed E-state index contributed by atoms with van der Waals surface area (Å²) in [4.78, 5) is 0. The molecule has 0 aliphatic carbocycles. The molecule has 0 atom stereocenters. The predicted molar refractivity (Wildman–Crippen MR) is 73.4 cm³/mol. The molecule has 0 spiro atoms. The van der Waals surface area contributed by atoms with Gasteiger partial charge in [0.1, 0.15) is 12.4 Å². The number of halogens is 1. The molecule has 1 rings (SSSR count). The minimum absolute atomic E-state index is 0.257. The van der Waals surface area contributed by atoms with Crippen LogP contribution >= 0.6 is 11.6 Å². The van der Waals surface area contributed by atoms with Gasteiger partial charge in [0.05, 0.1) is 16.7 Å². The van der Waals surface area contributed by atoms with Gasteiger partial charge in [0.2, 0.25) is 0 Å². The Morgan fingerprint density at radius 1 is 1.26 bits per heavy atom. The van der Waals surface area contributed by atoms with Gasteiger partial charge in [0.15, 0.2) is 6.29 Å². The molecular formula is C14H18ClNO3. The molecule has 0 aromatic heterocycles. The summed E-state index contributed by atoms with van der Waals surface area (Å²) in [5.74, 6) is 0.530. The van der Waals surface area contributed by atoms with E-state index in [1.807, 2.05) is 13.8 Å². The predicted octanol–water partition coefficient (Wildman–Crippen LogP) is 3.30. The number of hydrogen-bond acceptors (Lipinski definition) is 4. The van der Waals surface area contributed by atoms with Gasteiger partial charge in [-0.05, 0) is 38.5 Å². The zero-order valence-electron chi connectivity index (χ0n) is 11.4. The van der Waals surface area contributed by atoms with Crippen molar-refractivity contribution in [2.75, 3.05) is 19.8 Å². The highest BCUT2D eigenvalue weighted by molar-refractivity contribution is 6.33. The van der Waals surface area contributed by atoms with Crippen molar-refractivity contribution in [3.63, 3.8) is 0 Å². The average molecular weight is 284 g/mol. The molecule has 0 radical (unpaired) electrons. The van der Waals surface area contributed by atoms with Crippen LogP contribution in [0.25, 0.3) is 0 Å². The summed E-state index contributed by atoms with van der Waals surface area (Å²) in [7, 11) is 0. The molecule has 0 N–H and O–H groups in total. The maximum atomic E-state index is 8.90. The molecule has 19 heavy (non-hydrogen) atoms. The first-order valence-corrected chi connectivity index (χ1v) is 6.57. The van der Waals surface area contributed by atoms with Crippen molar-refractivity contribution in [3.05, 3.63) is 28.3 Å². The lowest BCUT2D eigenvalue weighted by Crippen LogP contribution is -2.25. The van der Waals surface area contributed by atoms with Crippen LogP contribution in [-0.4, -0.2) is 26.1 Å². The third kappa shape index (κ3) is 4.39. The molecule has 0 bridgehead atoms. The van der Waals surface area contributed by atoms with Gasteiger partial charge in [-0.3, -0.25) is 0 Å². The normalized spacial score (nSPS) is 10.5. The molecule has 0 heterocycles. The molecule has 1 aromatic carbocycles. The van der Waals surface area contributed by atoms with Crippen LogP contribution in [0.3, 0.4) is 0 Å². The fourth-order valence-electron chi connectivity index (χ4n) is 1.57. The highest BCUT2D eigenvalue weighted by Gasteiger charge is 2.13. The summed E-state index contributed by atoms with van der Waals surface area (Å²) in [6.07, 6.45) is -0.415. The lowest BCUT2D eigenvalue weighted by Gasteiger charge is -2.18. The molecule has 0 unspecified atom stereocenters. The minimum atomic E-state index is -0.415. The van der Waals surface area contributed by atoms with Gasteiger partial charge in [0, 0.05) is 13.2 Å². The van der Waals surface area contributed by atoms with Crippen LogP contribution in [0.2, 0.25) is 5.02 Å². The van der Waals surface area contributed by atoms with Crippen LogP contribution in [0.15, 0.2) is 12.1 Å². The summed E-state index contributed by atoms with van der Waals surface area (Å²) < 4.78 is 16.3. The maximum Gasteiger partial charge on any atom is 0.191 e. The Hall–Kier alpha value is -1.28. The Balaban J connectivity index is 2.72. The first-order chi connectivity index (χ1) is 9.13. The van der Waals surface area contributed by atoms with Gasteiger partial charge in [-0.2, -0.15) is 5.26 Å². The number of hydrogen-bond donors (Lipinski definition) is 0. The van der Waals surface area contributed by atoms with Crippen molar-refractivity contribution >= 4 is 11.6 Å².